The van der Waals surface area contributed by atoms with Crippen molar-refractivity contribution >= 4 is 5.91 Å². The molecule has 2 saturated heterocycles. The predicted molar refractivity (Wildman–Crippen MR) is 72.6 cm³/mol. The largest absolute Gasteiger partial charge is 0.339 e. The SMILES string of the molecule is CN1CCN(C(=O)C(C)(C)N2CCNCC2)CC1. The highest BCUT2D eigenvalue weighted by atomic mass is 16.2. The van der Waals surface area contributed by atoms with E-state index in [-0.39, 0.29) is 11.4 Å². The van der Waals surface area contributed by atoms with E-state index in [0.29, 0.717) is 0 Å². The fraction of sp³-hybridized carbons (Fsp3) is 0.923. The summed E-state index contributed by atoms with van der Waals surface area (Å²) in [7, 11) is 2.11. The fourth-order valence-electron chi connectivity index (χ4n) is 2.76. The summed E-state index contributed by atoms with van der Waals surface area (Å²) < 4.78 is 0. The van der Waals surface area contributed by atoms with Crippen LogP contribution in [0.1, 0.15) is 13.8 Å². The van der Waals surface area contributed by atoms with E-state index in [0.717, 1.165) is 52.4 Å². The molecule has 2 heterocycles. The van der Waals surface area contributed by atoms with Gasteiger partial charge < -0.3 is 15.1 Å². The normalized spacial score (nSPS) is 24.3. The third-order valence-corrected chi connectivity index (χ3v) is 4.22. The zero-order valence-corrected chi connectivity index (χ0v) is 11.9. The van der Waals surface area contributed by atoms with Crippen LogP contribution in [0.4, 0.5) is 0 Å². The van der Waals surface area contributed by atoms with Gasteiger partial charge in [0.05, 0.1) is 5.54 Å². The molecule has 0 spiro atoms. The molecule has 5 nitrogen and oxygen atoms in total. The highest BCUT2D eigenvalue weighted by Crippen LogP contribution is 2.19. The van der Waals surface area contributed by atoms with Gasteiger partial charge in [0.2, 0.25) is 5.91 Å². The van der Waals surface area contributed by atoms with Gasteiger partial charge in [-0.2, -0.15) is 0 Å². The van der Waals surface area contributed by atoms with Crippen molar-refractivity contribution in [2.24, 2.45) is 0 Å². The minimum absolute atomic E-state index is 0.289. The first-order valence-corrected chi connectivity index (χ1v) is 6.95. The van der Waals surface area contributed by atoms with E-state index in [1.165, 1.54) is 0 Å². The predicted octanol–water partition coefficient (Wildman–Crippen LogP) is -0.556. The molecule has 0 unspecified atom stereocenters. The van der Waals surface area contributed by atoms with Gasteiger partial charge in [-0.25, -0.2) is 0 Å². The zero-order valence-electron chi connectivity index (χ0n) is 11.9. The summed E-state index contributed by atoms with van der Waals surface area (Å²) >= 11 is 0. The second kappa shape index (κ2) is 5.55. The van der Waals surface area contributed by atoms with Gasteiger partial charge in [-0.1, -0.05) is 0 Å². The molecule has 0 saturated carbocycles. The summed E-state index contributed by atoms with van der Waals surface area (Å²) in [5.41, 5.74) is -0.363. The van der Waals surface area contributed by atoms with Crippen molar-refractivity contribution in [3.05, 3.63) is 0 Å². The molecule has 0 aliphatic carbocycles. The first kappa shape index (κ1) is 13.8. The van der Waals surface area contributed by atoms with Gasteiger partial charge in [-0.05, 0) is 20.9 Å². The molecule has 1 N–H and O–H groups in total. The Kier molecular flexibility index (Phi) is 4.25. The quantitative estimate of drug-likeness (QED) is 0.717. The molecule has 0 bridgehead atoms. The second-order valence-corrected chi connectivity index (χ2v) is 5.89. The minimum atomic E-state index is -0.363. The van der Waals surface area contributed by atoms with Crippen molar-refractivity contribution in [2.75, 3.05) is 59.4 Å². The first-order valence-electron chi connectivity index (χ1n) is 6.95. The number of likely N-dealkylation sites (N-methyl/N-ethyl adjacent to an activating group) is 1. The molecule has 2 rings (SSSR count). The molecule has 5 heteroatoms. The number of piperazine rings is 2. The van der Waals surface area contributed by atoms with Crippen molar-refractivity contribution in [3.63, 3.8) is 0 Å². The Bertz CT molecular complexity index is 291. The van der Waals surface area contributed by atoms with Gasteiger partial charge in [0.1, 0.15) is 0 Å². The van der Waals surface area contributed by atoms with Crippen LogP contribution in [-0.2, 0) is 4.79 Å². The highest BCUT2D eigenvalue weighted by molar-refractivity contribution is 5.85. The van der Waals surface area contributed by atoms with Crippen molar-refractivity contribution in [3.8, 4) is 0 Å². The number of nitrogens with zero attached hydrogens (tertiary/aromatic N) is 3. The van der Waals surface area contributed by atoms with Crippen LogP contribution in [0.15, 0.2) is 0 Å². The molecule has 0 aromatic rings. The topological polar surface area (TPSA) is 38.8 Å². The van der Waals surface area contributed by atoms with E-state index in [1.54, 1.807) is 0 Å². The van der Waals surface area contributed by atoms with Crippen LogP contribution < -0.4 is 5.32 Å². The Morgan fingerprint density at radius 3 is 2.11 bits per heavy atom. The minimum Gasteiger partial charge on any atom is -0.339 e. The summed E-state index contributed by atoms with van der Waals surface area (Å²) in [6.07, 6.45) is 0. The molecule has 2 fully saturated rings. The molecule has 1 amide bonds. The Labute approximate surface area is 110 Å². The van der Waals surface area contributed by atoms with Gasteiger partial charge in [0.25, 0.3) is 0 Å². The number of carbonyl (C=O) groups excluding carboxylic acids is 1. The van der Waals surface area contributed by atoms with Gasteiger partial charge in [0, 0.05) is 52.4 Å². The van der Waals surface area contributed by atoms with E-state index < -0.39 is 0 Å². The monoisotopic (exact) mass is 254 g/mol. The molecular formula is C13H26N4O. The van der Waals surface area contributed by atoms with Crippen LogP contribution in [0.3, 0.4) is 0 Å². The molecule has 2 aliphatic rings. The van der Waals surface area contributed by atoms with Gasteiger partial charge in [0.15, 0.2) is 0 Å². The van der Waals surface area contributed by atoms with Crippen LogP contribution >= 0.6 is 0 Å². The summed E-state index contributed by atoms with van der Waals surface area (Å²) in [4.78, 5) is 19.3. The second-order valence-electron chi connectivity index (χ2n) is 5.89. The van der Waals surface area contributed by atoms with Crippen LogP contribution in [0, 0.1) is 0 Å². The third-order valence-electron chi connectivity index (χ3n) is 4.22. The third kappa shape index (κ3) is 2.84. The Morgan fingerprint density at radius 1 is 1.00 bits per heavy atom. The van der Waals surface area contributed by atoms with Crippen LogP contribution in [-0.4, -0.2) is 85.6 Å². The molecule has 18 heavy (non-hydrogen) atoms. The number of rotatable bonds is 2. The lowest BCUT2D eigenvalue weighted by Crippen LogP contribution is -2.62. The van der Waals surface area contributed by atoms with E-state index in [2.05, 4.69) is 36.0 Å². The lowest BCUT2D eigenvalue weighted by Gasteiger charge is -2.44. The molecule has 0 aromatic carbocycles. The summed E-state index contributed by atoms with van der Waals surface area (Å²) in [5.74, 6) is 0.289. The smallest absolute Gasteiger partial charge is 0.242 e. The number of nitrogens with one attached hydrogen (secondary N) is 1. The van der Waals surface area contributed by atoms with E-state index in [9.17, 15) is 4.79 Å². The molecule has 104 valence electrons. The van der Waals surface area contributed by atoms with E-state index in [1.807, 2.05) is 4.90 Å². The summed E-state index contributed by atoms with van der Waals surface area (Å²) in [6, 6.07) is 0. The lowest BCUT2D eigenvalue weighted by molar-refractivity contribution is -0.144. The lowest BCUT2D eigenvalue weighted by atomic mass is 9.99. The number of carbonyl (C=O) groups is 1. The Balaban J connectivity index is 1.97. The van der Waals surface area contributed by atoms with Gasteiger partial charge in [-0.3, -0.25) is 9.69 Å². The van der Waals surface area contributed by atoms with Gasteiger partial charge >= 0.3 is 0 Å². The average molecular weight is 254 g/mol. The fourth-order valence-corrected chi connectivity index (χ4v) is 2.76. The molecule has 0 atom stereocenters. The van der Waals surface area contributed by atoms with E-state index >= 15 is 0 Å². The van der Waals surface area contributed by atoms with Crippen molar-refractivity contribution < 1.29 is 4.79 Å². The molecular weight excluding hydrogens is 228 g/mol. The maximum Gasteiger partial charge on any atom is 0.242 e. The number of hydrogen-bond donors (Lipinski definition) is 1. The maximum atomic E-state index is 12.7. The summed E-state index contributed by atoms with van der Waals surface area (Å²) in [6.45, 7) is 11.7. The van der Waals surface area contributed by atoms with E-state index in [4.69, 9.17) is 0 Å². The van der Waals surface area contributed by atoms with Gasteiger partial charge in [-0.15, -0.1) is 0 Å². The maximum absolute atomic E-state index is 12.7. The standard InChI is InChI=1S/C13H26N4O/c1-13(2,17-6-4-14-5-7-17)12(18)16-10-8-15(3)9-11-16/h14H,4-11H2,1-3H3. The summed E-state index contributed by atoms with van der Waals surface area (Å²) in [5, 5.41) is 3.34. The first-order chi connectivity index (χ1) is 8.51. The number of hydrogen-bond acceptors (Lipinski definition) is 4. The number of amides is 1. The molecule has 2 aliphatic heterocycles. The van der Waals surface area contributed by atoms with Crippen molar-refractivity contribution in [2.45, 2.75) is 19.4 Å². The van der Waals surface area contributed by atoms with Crippen LogP contribution in [0.5, 0.6) is 0 Å². The van der Waals surface area contributed by atoms with Crippen molar-refractivity contribution in [1.82, 2.24) is 20.0 Å². The van der Waals surface area contributed by atoms with Crippen LogP contribution in [0.2, 0.25) is 0 Å². The molecule has 0 radical (unpaired) electrons. The van der Waals surface area contributed by atoms with Crippen molar-refractivity contribution in [1.29, 1.82) is 0 Å². The Hall–Kier alpha value is -0.650. The zero-order chi connectivity index (χ0) is 13.2. The highest BCUT2D eigenvalue weighted by Gasteiger charge is 2.38. The average Bonchev–Trinajstić information content (AvgIpc) is 2.40. The molecule has 0 aromatic heterocycles. The Morgan fingerprint density at radius 2 is 1.56 bits per heavy atom. The van der Waals surface area contributed by atoms with Crippen LogP contribution in [0.25, 0.3) is 0 Å².